The Bertz CT molecular complexity index is 400. The number of benzene rings is 1. The van der Waals surface area contributed by atoms with Crippen molar-refractivity contribution in [2.45, 2.75) is 20.8 Å². The maximum Gasteiger partial charge on any atom is 0.427 e. The highest BCUT2D eigenvalue weighted by Gasteiger charge is 1.97. The van der Waals surface area contributed by atoms with E-state index in [0.717, 1.165) is 16.7 Å². The minimum Gasteiger partial charge on any atom is -0.449 e. The number of hydrazone groups is 1. The van der Waals surface area contributed by atoms with E-state index in [0.29, 0.717) is 6.61 Å². The lowest BCUT2D eigenvalue weighted by molar-refractivity contribution is 0.152. The zero-order valence-corrected chi connectivity index (χ0v) is 9.78. The van der Waals surface area contributed by atoms with E-state index in [1.165, 1.54) is 0 Å². The van der Waals surface area contributed by atoms with Gasteiger partial charge in [-0.2, -0.15) is 5.10 Å². The van der Waals surface area contributed by atoms with Crippen molar-refractivity contribution in [2.75, 3.05) is 6.61 Å². The topological polar surface area (TPSA) is 50.7 Å². The molecule has 1 N–H and O–H groups in total. The van der Waals surface area contributed by atoms with E-state index in [2.05, 4.69) is 15.3 Å². The maximum absolute atomic E-state index is 10.9. The van der Waals surface area contributed by atoms with Gasteiger partial charge in [0.2, 0.25) is 0 Å². The molecule has 0 aliphatic heterocycles. The molecule has 0 bridgehead atoms. The van der Waals surface area contributed by atoms with Crippen molar-refractivity contribution in [1.82, 2.24) is 5.43 Å². The van der Waals surface area contributed by atoms with Gasteiger partial charge in [-0.15, -0.1) is 0 Å². The smallest absolute Gasteiger partial charge is 0.427 e. The highest BCUT2D eigenvalue weighted by atomic mass is 16.5. The van der Waals surface area contributed by atoms with E-state index >= 15 is 0 Å². The molecule has 4 heteroatoms. The minimum atomic E-state index is -0.538. The molecular formula is C12H16N2O2. The van der Waals surface area contributed by atoms with Crippen LogP contribution in [0.4, 0.5) is 4.79 Å². The normalized spacial score (nSPS) is 10.4. The van der Waals surface area contributed by atoms with E-state index in [-0.39, 0.29) is 0 Å². The van der Waals surface area contributed by atoms with Crippen LogP contribution in [0.5, 0.6) is 0 Å². The lowest BCUT2D eigenvalue weighted by Crippen LogP contribution is -2.18. The van der Waals surface area contributed by atoms with Gasteiger partial charge in [-0.3, -0.25) is 0 Å². The predicted molar refractivity (Wildman–Crippen MR) is 63.7 cm³/mol. The van der Waals surface area contributed by atoms with Gasteiger partial charge in [0.25, 0.3) is 0 Å². The Morgan fingerprint density at radius 1 is 1.50 bits per heavy atom. The summed E-state index contributed by atoms with van der Waals surface area (Å²) in [6, 6.07) is 6.05. The summed E-state index contributed by atoms with van der Waals surface area (Å²) in [6.45, 7) is 6.08. The molecule has 0 radical (unpaired) electrons. The second-order valence-electron chi connectivity index (χ2n) is 3.45. The van der Waals surface area contributed by atoms with E-state index in [1.54, 1.807) is 13.1 Å². The molecule has 1 rings (SSSR count). The van der Waals surface area contributed by atoms with E-state index in [1.807, 2.05) is 32.0 Å². The maximum atomic E-state index is 10.9. The third-order valence-electron chi connectivity index (χ3n) is 2.07. The van der Waals surface area contributed by atoms with E-state index < -0.39 is 6.09 Å². The van der Waals surface area contributed by atoms with Crippen molar-refractivity contribution in [2.24, 2.45) is 5.10 Å². The number of nitrogens with zero attached hydrogens (tertiary/aromatic N) is 1. The predicted octanol–water partition coefficient (Wildman–Crippen LogP) is 2.38. The van der Waals surface area contributed by atoms with Crippen LogP contribution in [0.1, 0.15) is 23.6 Å². The minimum absolute atomic E-state index is 0.338. The number of nitrogens with one attached hydrogen (secondary N) is 1. The highest BCUT2D eigenvalue weighted by molar-refractivity contribution is 5.82. The molecule has 0 atom stereocenters. The molecular weight excluding hydrogens is 204 g/mol. The number of rotatable bonds is 3. The molecule has 1 aromatic carbocycles. The van der Waals surface area contributed by atoms with Crippen LogP contribution in [0.25, 0.3) is 0 Å². The first kappa shape index (κ1) is 12.2. The molecule has 1 amide bonds. The largest absolute Gasteiger partial charge is 0.449 e. The molecule has 16 heavy (non-hydrogen) atoms. The molecule has 0 aliphatic rings. The van der Waals surface area contributed by atoms with Gasteiger partial charge in [-0.05, 0) is 31.9 Å². The van der Waals surface area contributed by atoms with E-state index in [9.17, 15) is 4.79 Å². The van der Waals surface area contributed by atoms with Gasteiger partial charge in [0, 0.05) is 0 Å². The SMILES string of the molecule is CCOC(=O)N/N=C/c1cc(C)ccc1C. The Balaban J connectivity index is 2.62. The van der Waals surface area contributed by atoms with Crippen LogP contribution in [0.3, 0.4) is 0 Å². The fourth-order valence-electron chi connectivity index (χ4n) is 1.22. The van der Waals surface area contributed by atoms with E-state index in [4.69, 9.17) is 0 Å². The summed E-state index contributed by atoms with van der Waals surface area (Å²) in [6.07, 6.45) is 1.07. The second kappa shape index (κ2) is 5.90. The number of hydrogen-bond acceptors (Lipinski definition) is 3. The molecule has 0 aromatic heterocycles. The standard InChI is InChI=1S/C12H16N2O2/c1-4-16-12(15)14-13-8-11-7-9(2)5-6-10(11)3/h5-8H,4H2,1-3H3,(H,14,15)/b13-8+. The lowest BCUT2D eigenvalue weighted by atomic mass is 10.1. The molecule has 4 nitrogen and oxygen atoms in total. The van der Waals surface area contributed by atoms with Gasteiger partial charge in [-0.25, -0.2) is 10.2 Å². The van der Waals surface area contributed by atoms with Crippen molar-refractivity contribution >= 4 is 12.3 Å². The van der Waals surface area contributed by atoms with Crippen LogP contribution in [0.2, 0.25) is 0 Å². The van der Waals surface area contributed by atoms with Crippen molar-refractivity contribution < 1.29 is 9.53 Å². The van der Waals surface area contributed by atoms with Crippen LogP contribution in [-0.2, 0) is 4.74 Å². The first-order valence-corrected chi connectivity index (χ1v) is 5.16. The Kier molecular flexibility index (Phi) is 4.51. The highest BCUT2D eigenvalue weighted by Crippen LogP contribution is 2.07. The third-order valence-corrected chi connectivity index (χ3v) is 2.07. The van der Waals surface area contributed by atoms with Crippen LogP contribution in [0.15, 0.2) is 23.3 Å². The summed E-state index contributed by atoms with van der Waals surface area (Å²) >= 11 is 0. The number of carbonyl (C=O) groups is 1. The first-order valence-electron chi connectivity index (χ1n) is 5.16. The zero-order chi connectivity index (χ0) is 12.0. The second-order valence-corrected chi connectivity index (χ2v) is 3.45. The quantitative estimate of drug-likeness (QED) is 0.628. The molecule has 0 spiro atoms. The molecule has 0 aliphatic carbocycles. The van der Waals surface area contributed by atoms with Gasteiger partial charge in [-0.1, -0.05) is 23.8 Å². The van der Waals surface area contributed by atoms with Gasteiger partial charge in [0.15, 0.2) is 0 Å². The molecule has 0 unspecified atom stereocenters. The summed E-state index contributed by atoms with van der Waals surface area (Å²) in [5, 5.41) is 3.81. The summed E-state index contributed by atoms with van der Waals surface area (Å²) < 4.78 is 4.67. The average molecular weight is 220 g/mol. The molecule has 0 fully saturated rings. The van der Waals surface area contributed by atoms with Crippen LogP contribution in [0, 0.1) is 13.8 Å². The Hall–Kier alpha value is -1.84. The Labute approximate surface area is 95.3 Å². The number of aryl methyl sites for hydroxylation is 2. The zero-order valence-electron chi connectivity index (χ0n) is 9.78. The summed E-state index contributed by atoms with van der Waals surface area (Å²) in [5.74, 6) is 0. The van der Waals surface area contributed by atoms with Gasteiger partial charge < -0.3 is 4.74 Å². The van der Waals surface area contributed by atoms with Crippen LogP contribution >= 0.6 is 0 Å². The van der Waals surface area contributed by atoms with Gasteiger partial charge in [0.1, 0.15) is 0 Å². The number of ether oxygens (including phenoxy) is 1. The van der Waals surface area contributed by atoms with Crippen molar-refractivity contribution in [1.29, 1.82) is 0 Å². The molecule has 0 heterocycles. The molecule has 86 valence electrons. The Morgan fingerprint density at radius 3 is 2.94 bits per heavy atom. The van der Waals surface area contributed by atoms with Crippen molar-refractivity contribution in [3.8, 4) is 0 Å². The number of hydrogen-bond donors (Lipinski definition) is 1. The first-order chi connectivity index (χ1) is 7.63. The number of carbonyl (C=O) groups excluding carboxylic acids is 1. The Morgan fingerprint density at radius 2 is 2.25 bits per heavy atom. The fourth-order valence-corrected chi connectivity index (χ4v) is 1.22. The summed E-state index contributed by atoms with van der Waals surface area (Å²) in [4.78, 5) is 10.9. The van der Waals surface area contributed by atoms with Crippen LogP contribution in [-0.4, -0.2) is 18.9 Å². The van der Waals surface area contributed by atoms with Gasteiger partial charge >= 0.3 is 6.09 Å². The molecule has 0 saturated carbocycles. The average Bonchev–Trinajstić information content (AvgIpc) is 2.23. The third kappa shape index (κ3) is 3.73. The van der Waals surface area contributed by atoms with Crippen LogP contribution < -0.4 is 5.43 Å². The number of amides is 1. The van der Waals surface area contributed by atoms with Crippen molar-refractivity contribution in [3.05, 3.63) is 34.9 Å². The van der Waals surface area contributed by atoms with Crippen molar-refractivity contribution in [3.63, 3.8) is 0 Å². The summed E-state index contributed by atoms with van der Waals surface area (Å²) in [5.41, 5.74) is 5.54. The lowest BCUT2D eigenvalue weighted by Gasteiger charge is -2.02. The fraction of sp³-hybridized carbons (Fsp3) is 0.333. The van der Waals surface area contributed by atoms with Gasteiger partial charge in [0.05, 0.1) is 12.8 Å². The molecule has 1 aromatic rings. The summed E-state index contributed by atoms with van der Waals surface area (Å²) in [7, 11) is 0. The molecule has 0 saturated heterocycles. The monoisotopic (exact) mass is 220 g/mol.